The Morgan fingerprint density at radius 3 is 2.75 bits per heavy atom. The van der Waals surface area contributed by atoms with E-state index in [0.717, 1.165) is 25.2 Å². The van der Waals surface area contributed by atoms with Gasteiger partial charge in [0.2, 0.25) is 0 Å². The third kappa shape index (κ3) is 2.22. The molecule has 0 radical (unpaired) electrons. The van der Waals surface area contributed by atoms with Crippen molar-refractivity contribution < 1.29 is 4.74 Å². The van der Waals surface area contributed by atoms with E-state index in [2.05, 4.69) is 25.3 Å². The van der Waals surface area contributed by atoms with Crippen molar-refractivity contribution in [1.29, 1.82) is 0 Å². The smallest absolute Gasteiger partial charge is 0.110 e. The monoisotopic (exact) mass is 170 g/mol. The summed E-state index contributed by atoms with van der Waals surface area (Å²) in [6.07, 6.45) is 4.37. The van der Waals surface area contributed by atoms with Gasteiger partial charge in [0.1, 0.15) is 5.76 Å². The zero-order valence-electron chi connectivity index (χ0n) is 7.84. The molecule has 1 rings (SSSR count). The molecule has 0 saturated heterocycles. The summed E-state index contributed by atoms with van der Waals surface area (Å²) in [6, 6.07) is 0.172. The maximum atomic E-state index is 5.51. The molecular formula is C9H18N2O. The lowest BCUT2D eigenvalue weighted by atomic mass is 10.0. The number of rotatable bonds is 3. The van der Waals surface area contributed by atoms with Gasteiger partial charge in [0, 0.05) is 0 Å². The number of hydrogen-bond acceptors (Lipinski definition) is 3. The summed E-state index contributed by atoms with van der Waals surface area (Å²) in [6.45, 7) is 5.09. The topological polar surface area (TPSA) is 47.3 Å². The Balaban J connectivity index is 2.57. The molecule has 1 unspecified atom stereocenters. The van der Waals surface area contributed by atoms with Crippen LogP contribution in [0.3, 0.4) is 0 Å². The molecule has 0 spiro atoms. The first-order valence-electron chi connectivity index (χ1n) is 4.54. The highest BCUT2D eigenvalue weighted by Gasteiger charge is 2.19. The summed E-state index contributed by atoms with van der Waals surface area (Å²) < 4.78 is 5.51. The minimum absolute atomic E-state index is 0.172. The number of hydrogen-bond donors (Lipinski definition) is 2. The lowest BCUT2D eigenvalue weighted by Crippen LogP contribution is -2.41. The lowest BCUT2D eigenvalue weighted by molar-refractivity contribution is 0.155. The fourth-order valence-electron chi connectivity index (χ4n) is 1.40. The molecule has 0 saturated carbocycles. The van der Waals surface area contributed by atoms with Crippen molar-refractivity contribution in [3.8, 4) is 0 Å². The van der Waals surface area contributed by atoms with Crippen molar-refractivity contribution in [2.75, 3.05) is 6.61 Å². The summed E-state index contributed by atoms with van der Waals surface area (Å²) >= 11 is 0. The lowest BCUT2D eigenvalue weighted by Gasteiger charge is -2.25. The summed E-state index contributed by atoms with van der Waals surface area (Å²) in [5.41, 5.74) is 2.78. The third-order valence-corrected chi connectivity index (χ3v) is 2.12. The van der Waals surface area contributed by atoms with Crippen molar-refractivity contribution >= 4 is 0 Å². The first kappa shape index (κ1) is 9.55. The fraction of sp³-hybridized carbons (Fsp3) is 0.778. The third-order valence-electron chi connectivity index (χ3n) is 2.12. The van der Waals surface area contributed by atoms with Crippen molar-refractivity contribution in [3.63, 3.8) is 0 Å². The summed E-state index contributed by atoms with van der Waals surface area (Å²) in [4.78, 5) is 0. The molecule has 1 aliphatic heterocycles. The molecule has 0 amide bonds. The van der Waals surface area contributed by atoms with Gasteiger partial charge in [0.15, 0.2) is 0 Å². The molecule has 0 bridgehead atoms. The number of allylic oxidation sites excluding steroid dienone is 1. The maximum Gasteiger partial charge on any atom is 0.110 e. The van der Waals surface area contributed by atoms with E-state index in [1.165, 1.54) is 0 Å². The second-order valence-corrected chi connectivity index (χ2v) is 3.49. The highest BCUT2D eigenvalue weighted by Crippen LogP contribution is 2.17. The van der Waals surface area contributed by atoms with E-state index in [9.17, 15) is 0 Å². The summed E-state index contributed by atoms with van der Waals surface area (Å²) in [7, 11) is 0. The Hall–Kier alpha value is -0.540. The molecule has 0 aromatic carbocycles. The van der Waals surface area contributed by atoms with Crippen molar-refractivity contribution in [2.24, 2.45) is 11.8 Å². The van der Waals surface area contributed by atoms with Gasteiger partial charge in [-0.25, -0.2) is 5.43 Å². The van der Waals surface area contributed by atoms with Crippen LogP contribution in [-0.4, -0.2) is 12.6 Å². The van der Waals surface area contributed by atoms with Gasteiger partial charge in [-0.1, -0.05) is 13.8 Å². The van der Waals surface area contributed by atoms with Crippen LogP contribution in [0.5, 0.6) is 0 Å². The number of ether oxygens (including phenoxy) is 1. The van der Waals surface area contributed by atoms with E-state index in [1.54, 1.807) is 0 Å². The van der Waals surface area contributed by atoms with E-state index >= 15 is 0 Å². The Labute approximate surface area is 73.9 Å². The summed E-state index contributed by atoms with van der Waals surface area (Å²) in [5, 5.41) is 0. The fourth-order valence-corrected chi connectivity index (χ4v) is 1.40. The molecule has 3 nitrogen and oxygen atoms in total. The van der Waals surface area contributed by atoms with Gasteiger partial charge in [0.05, 0.1) is 12.6 Å². The van der Waals surface area contributed by atoms with E-state index < -0.39 is 0 Å². The van der Waals surface area contributed by atoms with Crippen molar-refractivity contribution in [1.82, 2.24) is 5.43 Å². The SMILES string of the molecule is CC(C)C(NN)C1=CCCCO1. The van der Waals surface area contributed by atoms with E-state index in [0.29, 0.717) is 5.92 Å². The Bertz CT molecular complexity index is 166. The van der Waals surface area contributed by atoms with Gasteiger partial charge < -0.3 is 4.74 Å². The minimum atomic E-state index is 0.172. The first-order chi connectivity index (χ1) is 5.75. The predicted octanol–water partition coefficient (Wildman–Crippen LogP) is 1.17. The molecular weight excluding hydrogens is 152 g/mol. The molecule has 70 valence electrons. The summed E-state index contributed by atoms with van der Waals surface area (Å²) in [5.74, 6) is 6.92. The zero-order valence-corrected chi connectivity index (χ0v) is 7.84. The molecule has 12 heavy (non-hydrogen) atoms. The molecule has 0 aromatic heterocycles. The number of hydrazine groups is 1. The van der Waals surface area contributed by atoms with Crippen LogP contribution in [0, 0.1) is 5.92 Å². The largest absolute Gasteiger partial charge is 0.497 e. The van der Waals surface area contributed by atoms with Crippen LogP contribution in [-0.2, 0) is 4.74 Å². The van der Waals surface area contributed by atoms with Gasteiger partial charge >= 0.3 is 0 Å². The van der Waals surface area contributed by atoms with Gasteiger partial charge in [0.25, 0.3) is 0 Å². The van der Waals surface area contributed by atoms with Crippen molar-refractivity contribution in [2.45, 2.75) is 32.7 Å². The van der Waals surface area contributed by atoms with Gasteiger partial charge in [-0.15, -0.1) is 0 Å². The Kier molecular flexibility index (Phi) is 3.56. The van der Waals surface area contributed by atoms with Crippen LogP contribution >= 0.6 is 0 Å². The number of nitrogens with one attached hydrogen (secondary N) is 1. The average molecular weight is 170 g/mol. The molecule has 1 heterocycles. The first-order valence-corrected chi connectivity index (χ1v) is 4.54. The normalized spacial score (nSPS) is 20.2. The van der Waals surface area contributed by atoms with E-state index in [1.807, 2.05) is 0 Å². The molecule has 0 fully saturated rings. The van der Waals surface area contributed by atoms with Crippen LogP contribution < -0.4 is 11.3 Å². The van der Waals surface area contributed by atoms with Crippen LogP contribution in [0.15, 0.2) is 11.8 Å². The molecule has 0 aromatic rings. The van der Waals surface area contributed by atoms with Crippen LogP contribution in [0.2, 0.25) is 0 Å². The molecule has 1 aliphatic rings. The second kappa shape index (κ2) is 4.48. The van der Waals surface area contributed by atoms with E-state index in [4.69, 9.17) is 10.6 Å². The molecule has 3 heteroatoms. The highest BCUT2D eigenvalue weighted by molar-refractivity contribution is 5.05. The van der Waals surface area contributed by atoms with Crippen LogP contribution in [0.1, 0.15) is 26.7 Å². The maximum absolute atomic E-state index is 5.51. The standard InChI is InChI=1S/C9H18N2O/c1-7(2)9(11-10)8-5-3-4-6-12-8/h5,7,9,11H,3-4,6,10H2,1-2H3. The van der Waals surface area contributed by atoms with Crippen molar-refractivity contribution in [3.05, 3.63) is 11.8 Å². The molecule has 0 aliphatic carbocycles. The minimum Gasteiger partial charge on any atom is -0.497 e. The van der Waals surface area contributed by atoms with Crippen LogP contribution in [0.4, 0.5) is 0 Å². The Morgan fingerprint density at radius 1 is 1.58 bits per heavy atom. The average Bonchev–Trinajstić information content (AvgIpc) is 2.07. The van der Waals surface area contributed by atoms with Gasteiger partial charge in [-0.2, -0.15) is 0 Å². The van der Waals surface area contributed by atoms with Gasteiger partial charge in [-0.05, 0) is 24.8 Å². The quantitative estimate of drug-likeness (QED) is 0.493. The molecule has 1 atom stereocenters. The number of nitrogens with two attached hydrogens (primary N) is 1. The van der Waals surface area contributed by atoms with Crippen LogP contribution in [0.25, 0.3) is 0 Å². The zero-order chi connectivity index (χ0) is 8.97. The molecule has 3 N–H and O–H groups in total. The Morgan fingerprint density at radius 2 is 2.33 bits per heavy atom. The van der Waals surface area contributed by atoms with E-state index in [-0.39, 0.29) is 6.04 Å². The van der Waals surface area contributed by atoms with Gasteiger partial charge in [-0.3, -0.25) is 5.84 Å². The highest BCUT2D eigenvalue weighted by atomic mass is 16.5. The predicted molar refractivity (Wildman–Crippen MR) is 49.2 cm³/mol. The second-order valence-electron chi connectivity index (χ2n) is 3.49.